The first-order chi connectivity index (χ1) is 17.4. The van der Waals surface area contributed by atoms with Crippen molar-refractivity contribution in [1.82, 2.24) is 4.98 Å². The molecule has 0 aliphatic rings. The van der Waals surface area contributed by atoms with Gasteiger partial charge in [-0.2, -0.15) is 0 Å². The predicted octanol–water partition coefficient (Wildman–Crippen LogP) is 7.30. The molecule has 180 valence electrons. The Bertz CT molecular complexity index is 1420. The average molecular weight is 477 g/mol. The molecule has 0 saturated carbocycles. The molecule has 0 radical (unpaired) electrons. The number of aromatic nitrogens is 1. The minimum Gasteiger partial charge on any atom is -0.497 e. The van der Waals surface area contributed by atoms with E-state index in [2.05, 4.69) is 11.4 Å². The van der Waals surface area contributed by atoms with Crippen molar-refractivity contribution in [3.05, 3.63) is 108 Å². The van der Waals surface area contributed by atoms with Crippen LogP contribution in [0, 0.1) is 0 Å². The van der Waals surface area contributed by atoms with Crippen LogP contribution in [0.25, 0.3) is 28.0 Å². The largest absolute Gasteiger partial charge is 0.497 e. The molecule has 4 aromatic rings. The van der Waals surface area contributed by atoms with Gasteiger partial charge < -0.3 is 10.1 Å². The van der Waals surface area contributed by atoms with E-state index in [0.717, 1.165) is 39.3 Å². The van der Waals surface area contributed by atoms with Crippen molar-refractivity contribution < 1.29 is 14.3 Å². The van der Waals surface area contributed by atoms with E-state index in [1.807, 2.05) is 92.0 Å². The van der Waals surface area contributed by atoms with Crippen LogP contribution in [0.5, 0.6) is 5.75 Å². The molecule has 1 N–H and O–H groups in total. The summed E-state index contributed by atoms with van der Waals surface area (Å²) in [5.74, 6) is 1.54. The van der Waals surface area contributed by atoms with Gasteiger partial charge in [-0.1, -0.05) is 54.6 Å². The molecule has 36 heavy (non-hydrogen) atoms. The molecule has 0 amide bonds. The van der Waals surface area contributed by atoms with Gasteiger partial charge in [0.05, 0.1) is 7.11 Å². The first kappa shape index (κ1) is 24.6. The number of nitrogens with one attached hydrogen (secondary N) is 1. The molecular weight excluding hydrogens is 448 g/mol. The molecular formula is C31H28N2O3. The van der Waals surface area contributed by atoms with Crippen LogP contribution in [-0.2, 0) is 0 Å². The first-order valence-electron chi connectivity index (χ1n) is 11.7. The molecule has 4 rings (SSSR count). The van der Waals surface area contributed by atoms with E-state index in [4.69, 9.17) is 9.72 Å². The standard InChI is InChI=1S/C31H28N2O3/c1-5-30(26-14-16-28(36-4)17-15-26)33-31-29(25-12-8-23(9-13-25)21(3)35)18-27(19-32-31)24-10-6-22(7-11-24)20(2)34/h5-19H,1-4H3,(H,32,33)/b30-5-. The fourth-order valence-corrected chi connectivity index (χ4v) is 3.93. The Kier molecular flexibility index (Phi) is 7.40. The molecule has 0 aliphatic heterocycles. The highest BCUT2D eigenvalue weighted by molar-refractivity contribution is 5.96. The van der Waals surface area contributed by atoms with Crippen molar-refractivity contribution >= 4 is 23.1 Å². The summed E-state index contributed by atoms with van der Waals surface area (Å²) < 4.78 is 5.28. The van der Waals surface area contributed by atoms with Crippen LogP contribution in [0.1, 0.15) is 47.1 Å². The molecule has 0 spiro atoms. The van der Waals surface area contributed by atoms with Gasteiger partial charge in [-0.3, -0.25) is 9.59 Å². The maximum atomic E-state index is 11.8. The second-order valence-electron chi connectivity index (χ2n) is 8.44. The van der Waals surface area contributed by atoms with E-state index >= 15 is 0 Å². The van der Waals surface area contributed by atoms with Crippen LogP contribution in [0.2, 0.25) is 0 Å². The van der Waals surface area contributed by atoms with Crippen LogP contribution in [0.15, 0.2) is 91.1 Å². The lowest BCUT2D eigenvalue weighted by Crippen LogP contribution is -2.03. The number of ketones is 2. The summed E-state index contributed by atoms with van der Waals surface area (Å²) in [6.45, 7) is 5.09. The Balaban J connectivity index is 1.76. The van der Waals surface area contributed by atoms with Gasteiger partial charge in [0, 0.05) is 34.1 Å². The van der Waals surface area contributed by atoms with Gasteiger partial charge in [-0.25, -0.2) is 4.98 Å². The Morgan fingerprint density at radius 2 is 1.28 bits per heavy atom. The van der Waals surface area contributed by atoms with Crippen LogP contribution >= 0.6 is 0 Å². The summed E-state index contributed by atoms with van der Waals surface area (Å²) in [5.41, 5.74) is 6.95. The topological polar surface area (TPSA) is 68.3 Å². The van der Waals surface area contributed by atoms with Crippen molar-refractivity contribution in [1.29, 1.82) is 0 Å². The van der Waals surface area contributed by atoms with E-state index in [0.29, 0.717) is 16.9 Å². The Labute approximate surface area is 211 Å². The van der Waals surface area contributed by atoms with Gasteiger partial charge in [0.1, 0.15) is 11.6 Å². The van der Waals surface area contributed by atoms with Gasteiger partial charge in [-0.05, 0) is 67.8 Å². The minimum absolute atomic E-state index is 0.0213. The molecule has 5 nitrogen and oxygen atoms in total. The molecule has 0 bridgehead atoms. The predicted molar refractivity (Wildman–Crippen MR) is 145 cm³/mol. The zero-order chi connectivity index (χ0) is 25.7. The Morgan fingerprint density at radius 3 is 1.78 bits per heavy atom. The quantitative estimate of drug-likeness (QED) is 0.270. The van der Waals surface area contributed by atoms with E-state index in [1.165, 1.54) is 0 Å². The number of methoxy groups -OCH3 is 1. The van der Waals surface area contributed by atoms with E-state index in [9.17, 15) is 9.59 Å². The molecule has 1 heterocycles. The van der Waals surface area contributed by atoms with Gasteiger partial charge in [0.15, 0.2) is 11.6 Å². The fraction of sp³-hybridized carbons (Fsp3) is 0.129. The molecule has 0 saturated heterocycles. The molecule has 5 heteroatoms. The monoisotopic (exact) mass is 476 g/mol. The zero-order valence-electron chi connectivity index (χ0n) is 20.8. The molecule has 0 fully saturated rings. The first-order valence-corrected chi connectivity index (χ1v) is 11.7. The average Bonchev–Trinajstić information content (AvgIpc) is 2.92. The van der Waals surface area contributed by atoms with E-state index < -0.39 is 0 Å². The highest BCUT2D eigenvalue weighted by atomic mass is 16.5. The van der Waals surface area contributed by atoms with Crippen molar-refractivity contribution in [2.75, 3.05) is 12.4 Å². The number of rotatable bonds is 8. The van der Waals surface area contributed by atoms with Crippen molar-refractivity contribution in [3.8, 4) is 28.0 Å². The lowest BCUT2D eigenvalue weighted by molar-refractivity contribution is 0.100. The maximum absolute atomic E-state index is 11.8. The lowest BCUT2D eigenvalue weighted by Gasteiger charge is -2.16. The summed E-state index contributed by atoms with van der Waals surface area (Å²) in [4.78, 5) is 28.3. The summed E-state index contributed by atoms with van der Waals surface area (Å²) in [6, 6.07) is 24.9. The summed E-state index contributed by atoms with van der Waals surface area (Å²) >= 11 is 0. The number of pyridine rings is 1. The number of anilines is 1. The molecule has 1 aromatic heterocycles. The fourth-order valence-electron chi connectivity index (χ4n) is 3.93. The molecule has 0 unspecified atom stereocenters. The maximum Gasteiger partial charge on any atom is 0.159 e. The number of hydrogen-bond acceptors (Lipinski definition) is 5. The lowest BCUT2D eigenvalue weighted by atomic mass is 9.98. The van der Waals surface area contributed by atoms with Crippen molar-refractivity contribution in [3.63, 3.8) is 0 Å². The number of carbonyl (C=O) groups is 2. The molecule has 0 aliphatic carbocycles. The van der Waals surface area contributed by atoms with E-state index in [1.54, 1.807) is 21.0 Å². The van der Waals surface area contributed by atoms with Crippen LogP contribution in [0.3, 0.4) is 0 Å². The van der Waals surface area contributed by atoms with Crippen LogP contribution in [-0.4, -0.2) is 23.7 Å². The normalized spacial score (nSPS) is 11.2. The Morgan fingerprint density at radius 1 is 0.750 bits per heavy atom. The third-order valence-corrected chi connectivity index (χ3v) is 6.06. The third kappa shape index (κ3) is 5.41. The number of benzene rings is 3. The molecule has 3 aromatic carbocycles. The van der Waals surface area contributed by atoms with Crippen molar-refractivity contribution in [2.45, 2.75) is 20.8 Å². The van der Waals surface area contributed by atoms with Crippen LogP contribution in [0.4, 0.5) is 5.82 Å². The summed E-state index contributed by atoms with van der Waals surface area (Å²) in [6.07, 6.45) is 3.82. The summed E-state index contributed by atoms with van der Waals surface area (Å²) in [5, 5.41) is 3.49. The number of carbonyl (C=O) groups excluding carboxylic acids is 2. The second kappa shape index (κ2) is 10.8. The van der Waals surface area contributed by atoms with Gasteiger partial charge in [-0.15, -0.1) is 0 Å². The second-order valence-corrected chi connectivity index (χ2v) is 8.44. The number of nitrogens with zero attached hydrogens (tertiary/aromatic N) is 1. The number of ether oxygens (including phenoxy) is 1. The van der Waals surface area contributed by atoms with Crippen LogP contribution < -0.4 is 10.1 Å². The van der Waals surface area contributed by atoms with Gasteiger partial charge in [0.2, 0.25) is 0 Å². The zero-order valence-corrected chi connectivity index (χ0v) is 20.8. The smallest absolute Gasteiger partial charge is 0.159 e. The summed E-state index contributed by atoms with van der Waals surface area (Å²) in [7, 11) is 1.65. The number of allylic oxidation sites excluding steroid dienone is 1. The van der Waals surface area contributed by atoms with Gasteiger partial charge in [0.25, 0.3) is 0 Å². The highest BCUT2D eigenvalue weighted by Gasteiger charge is 2.13. The number of hydrogen-bond donors (Lipinski definition) is 1. The van der Waals surface area contributed by atoms with Crippen molar-refractivity contribution in [2.24, 2.45) is 0 Å². The third-order valence-electron chi connectivity index (χ3n) is 6.06. The SMILES string of the molecule is C/C=C(\Nc1ncc(-c2ccc(C(C)=O)cc2)cc1-c1ccc(C(C)=O)cc1)c1ccc(OC)cc1. The van der Waals surface area contributed by atoms with Gasteiger partial charge >= 0.3 is 0 Å². The molecule has 0 atom stereocenters. The minimum atomic E-state index is 0.0213. The van der Waals surface area contributed by atoms with E-state index in [-0.39, 0.29) is 11.6 Å². The Hall–Kier alpha value is -4.51. The number of Topliss-reactive ketones (excluding diaryl/α,β-unsaturated/α-hetero) is 2. The highest BCUT2D eigenvalue weighted by Crippen LogP contribution is 2.33.